The molecule has 1 aromatic rings. The van der Waals surface area contributed by atoms with Crippen LogP contribution in [-0.2, 0) is 11.0 Å². The van der Waals surface area contributed by atoms with Crippen molar-refractivity contribution in [1.29, 1.82) is 0 Å². The van der Waals surface area contributed by atoms with Crippen LogP contribution in [0.2, 0.25) is 0 Å². The predicted octanol–water partition coefficient (Wildman–Crippen LogP) is 4.74. The lowest BCUT2D eigenvalue weighted by Gasteiger charge is -2.43. The Labute approximate surface area is 118 Å². The third-order valence-electron chi connectivity index (χ3n) is 4.60. The van der Waals surface area contributed by atoms with Crippen LogP contribution in [0, 0.1) is 5.41 Å². The Morgan fingerprint density at radius 2 is 1.58 bits per heavy atom. The van der Waals surface area contributed by atoms with Crippen LogP contribution in [0.5, 0.6) is 0 Å². The van der Waals surface area contributed by atoms with Gasteiger partial charge >= 0.3 is 0 Å². The summed E-state index contributed by atoms with van der Waals surface area (Å²) in [6.45, 7) is 11.5. The first-order valence-electron chi connectivity index (χ1n) is 7.52. The van der Waals surface area contributed by atoms with Gasteiger partial charge in [0.1, 0.15) is 0 Å². The van der Waals surface area contributed by atoms with E-state index in [1.807, 2.05) is 0 Å². The second kappa shape index (κ2) is 4.63. The molecule has 1 aliphatic carbocycles. The maximum atomic E-state index is 6.72. The molecule has 19 heavy (non-hydrogen) atoms. The van der Waals surface area contributed by atoms with E-state index in [9.17, 15) is 0 Å². The van der Waals surface area contributed by atoms with Gasteiger partial charge in [0.2, 0.25) is 0 Å². The molecular weight excluding hydrogens is 230 g/mol. The summed E-state index contributed by atoms with van der Waals surface area (Å²) in [5, 5.41) is 0. The Morgan fingerprint density at radius 1 is 1.00 bits per heavy atom. The first-order valence-corrected chi connectivity index (χ1v) is 7.52. The van der Waals surface area contributed by atoms with Gasteiger partial charge in [-0.2, -0.15) is 0 Å². The molecule has 1 atom stereocenters. The summed E-state index contributed by atoms with van der Waals surface area (Å²) >= 11 is 0. The van der Waals surface area contributed by atoms with Gasteiger partial charge in [0.15, 0.2) is 0 Å². The van der Waals surface area contributed by atoms with Crippen molar-refractivity contribution in [2.24, 2.45) is 11.1 Å². The second-order valence-corrected chi connectivity index (χ2v) is 8.18. The van der Waals surface area contributed by atoms with E-state index in [-0.39, 0.29) is 11.0 Å². The molecule has 1 nitrogen and oxygen atoms in total. The van der Waals surface area contributed by atoms with E-state index in [4.69, 9.17) is 5.73 Å². The molecule has 0 aliphatic heterocycles. The van der Waals surface area contributed by atoms with Gasteiger partial charge in [0.05, 0.1) is 0 Å². The molecule has 0 amide bonds. The Morgan fingerprint density at radius 3 is 2.05 bits per heavy atom. The molecule has 1 heteroatoms. The molecular formula is C18H29N. The molecule has 0 radical (unpaired) electrons. The van der Waals surface area contributed by atoms with Crippen molar-refractivity contribution >= 4 is 0 Å². The normalized spacial score (nSPS) is 27.3. The highest BCUT2D eigenvalue weighted by Gasteiger charge is 2.38. The van der Waals surface area contributed by atoms with Gasteiger partial charge in [-0.1, -0.05) is 65.3 Å². The maximum Gasteiger partial charge on any atom is 0.0414 e. The molecule has 2 rings (SSSR count). The van der Waals surface area contributed by atoms with E-state index in [1.54, 1.807) is 0 Å². The molecule has 2 N–H and O–H groups in total. The first-order chi connectivity index (χ1) is 8.62. The number of hydrogen-bond donors (Lipinski definition) is 1. The van der Waals surface area contributed by atoms with E-state index < -0.39 is 0 Å². The molecule has 1 aromatic carbocycles. The SMILES string of the molecule is CC1(C)CCCC(N)(c2ccc(C(C)(C)C)cc2)C1. The molecule has 0 bridgehead atoms. The van der Waals surface area contributed by atoms with Crippen molar-refractivity contribution in [3.05, 3.63) is 35.4 Å². The van der Waals surface area contributed by atoms with E-state index in [2.05, 4.69) is 58.9 Å². The number of rotatable bonds is 1. The summed E-state index contributed by atoms with van der Waals surface area (Å²) in [6.07, 6.45) is 4.75. The first kappa shape index (κ1) is 14.6. The van der Waals surface area contributed by atoms with Crippen molar-refractivity contribution in [3.63, 3.8) is 0 Å². The summed E-state index contributed by atoms with van der Waals surface area (Å²) in [5.74, 6) is 0. The fourth-order valence-corrected chi connectivity index (χ4v) is 3.46. The minimum absolute atomic E-state index is 0.127. The van der Waals surface area contributed by atoms with Crippen molar-refractivity contribution in [2.75, 3.05) is 0 Å². The lowest BCUT2D eigenvalue weighted by Crippen LogP contribution is -2.44. The van der Waals surface area contributed by atoms with Crippen LogP contribution in [0.15, 0.2) is 24.3 Å². The van der Waals surface area contributed by atoms with Gasteiger partial charge in [-0.3, -0.25) is 0 Å². The van der Waals surface area contributed by atoms with Gasteiger partial charge < -0.3 is 5.73 Å². The lowest BCUT2D eigenvalue weighted by atomic mass is 9.66. The van der Waals surface area contributed by atoms with Gasteiger partial charge in [-0.05, 0) is 41.2 Å². The highest BCUT2D eigenvalue weighted by Crippen LogP contribution is 2.44. The van der Waals surface area contributed by atoms with Crippen LogP contribution in [0.3, 0.4) is 0 Å². The summed E-state index contributed by atoms with van der Waals surface area (Å²) < 4.78 is 0. The fourth-order valence-electron chi connectivity index (χ4n) is 3.46. The second-order valence-electron chi connectivity index (χ2n) is 8.18. The van der Waals surface area contributed by atoms with Crippen LogP contribution in [0.1, 0.15) is 71.4 Å². The molecule has 1 unspecified atom stereocenters. The van der Waals surface area contributed by atoms with Crippen LogP contribution in [0.4, 0.5) is 0 Å². The number of nitrogens with two attached hydrogens (primary N) is 1. The quantitative estimate of drug-likeness (QED) is 0.774. The molecule has 0 heterocycles. The zero-order chi connectivity index (χ0) is 14.3. The molecule has 1 aliphatic rings. The summed E-state index contributed by atoms with van der Waals surface area (Å²) in [4.78, 5) is 0. The molecule has 0 saturated heterocycles. The predicted molar refractivity (Wildman–Crippen MR) is 83.3 cm³/mol. The topological polar surface area (TPSA) is 26.0 Å². The van der Waals surface area contributed by atoms with Crippen LogP contribution in [-0.4, -0.2) is 0 Å². The van der Waals surface area contributed by atoms with Crippen molar-refractivity contribution in [1.82, 2.24) is 0 Å². The minimum atomic E-state index is -0.127. The molecule has 0 aromatic heterocycles. The minimum Gasteiger partial charge on any atom is -0.321 e. The van der Waals surface area contributed by atoms with Crippen LogP contribution in [0.25, 0.3) is 0 Å². The van der Waals surface area contributed by atoms with Gasteiger partial charge in [0, 0.05) is 5.54 Å². The van der Waals surface area contributed by atoms with E-state index >= 15 is 0 Å². The highest BCUT2D eigenvalue weighted by molar-refractivity contribution is 5.32. The maximum absolute atomic E-state index is 6.72. The highest BCUT2D eigenvalue weighted by atomic mass is 14.8. The lowest BCUT2D eigenvalue weighted by molar-refractivity contribution is 0.151. The van der Waals surface area contributed by atoms with E-state index in [0.29, 0.717) is 5.41 Å². The van der Waals surface area contributed by atoms with Gasteiger partial charge in [-0.15, -0.1) is 0 Å². The fraction of sp³-hybridized carbons (Fsp3) is 0.667. The Bertz CT molecular complexity index is 436. The van der Waals surface area contributed by atoms with Gasteiger partial charge in [0.25, 0.3) is 0 Å². The summed E-state index contributed by atoms with van der Waals surface area (Å²) in [6, 6.07) is 9.01. The van der Waals surface area contributed by atoms with Crippen molar-refractivity contribution < 1.29 is 0 Å². The smallest absolute Gasteiger partial charge is 0.0414 e. The standard InChI is InChI=1S/C18H29N/c1-16(2,3)14-7-9-15(10-8-14)18(19)12-6-11-17(4,5)13-18/h7-10H,6,11-13,19H2,1-5H3. The Hall–Kier alpha value is -0.820. The number of hydrogen-bond acceptors (Lipinski definition) is 1. The third kappa shape index (κ3) is 3.20. The average Bonchev–Trinajstić information content (AvgIpc) is 2.26. The van der Waals surface area contributed by atoms with Gasteiger partial charge in [-0.25, -0.2) is 0 Å². The zero-order valence-corrected chi connectivity index (χ0v) is 13.2. The van der Waals surface area contributed by atoms with Crippen LogP contribution >= 0.6 is 0 Å². The zero-order valence-electron chi connectivity index (χ0n) is 13.2. The summed E-state index contributed by atoms with van der Waals surface area (Å²) in [5.41, 5.74) is 9.87. The number of benzene rings is 1. The largest absolute Gasteiger partial charge is 0.321 e. The van der Waals surface area contributed by atoms with E-state index in [1.165, 1.54) is 24.0 Å². The average molecular weight is 259 g/mol. The molecule has 106 valence electrons. The van der Waals surface area contributed by atoms with Crippen molar-refractivity contribution in [2.45, 2.75) is 71.3 Å². The monoisotopic (exact) mass is 259 g/mol. The Kier molecular flexibility index (Phi) is 3.55. The molecule has 1 fully saturated rings. The van der Waals surface area contributed by atoms with E-state index in [0.717, 1.165) is 12.8 Å². The third-order valence-corrected chi connectivity index (χ3v) is 4.60. The molecule has 1 saturated carbocycles. The Balaban J connectivity index is 2.26. The van der Waals surface area contributed by atoms with Crippen molar-refractivity contribution in [3.8, 4) is 0 Å². The molecule has 0 spiro atoms. The van der Waals surface area contributed by atoms with Crippen LogP contribution < -0.4 is 5.73 Å². The summed E-state index contributed by atoms with van der Waals surface area (Å²) in [7, 11) is 0.